The highest BCUT2D eigenvalue weighted by atomic mass is 35.5. The highest BCUT2D eigenvalue weighted by molar-refractivity contribution is 6.30. The van der Waals surface area contributed by atoms with Crippen LogP contribution in [-0.2, 0) is 13.0 Å². The van der Waals surface area contributed by atoms with Crippen LogP contribution in [0.3, 0.4) is 0 Å². The van der Waals surface area contributed by atoms with Crippen LogP contribution in [0.5, 0.6) is 5.75 Å². The van der Waals surface area contributed by atoms with Crippen molar-refractivity contribution in [2.45, 2.75) is 40.2 Å². The van der Waals surface area contributed by atoms with Gasteiger partial charge in [-0.1, -0.05) is 32.4 Å². The van der Waals surface area contributed by atoms with Crippen LogP contribution in [0.4, 0.5) is 0 Å². The molecule has 0 saturated carbocycles. The number of nitrogens with two attached hydrogens (primary N) is 1. The van der Waals surface area contributed by atoms with Crippen LogP contribution in [0, 0.1) is 5.41 Å². The number of ether oxygens (including phenoxy) is 1. The maximum Gasteiger partial charge on any atom is 0.127 e. The maximum atomic E-state index is 6.26. The molecule has 0 fully saturated rings. The van der Waals surface area contributed by atoms with Crippen molar-refractivity contribution in [2.75, 3.05) is 26.2 Å². The molecule has 118 valence electrons. The molecule has 1 aromatic carbocycles. The van der Waals surface area contributed by atoms with Gasteiger partial charge in [-0.25, -0.2) is 0 Å². The van der Waals surface area contributed by atoms with E-state index in [9.17, 15) is 0 Å². The normalized spacial score (nSPS) is 14.4. The lowest BCUT2D eigenvalue weighted by Crippen LogP contribution is -2.38. The topological polar surface area (TPSA) is 38.5 Å². The average Bonchev–Trinajstić information content (AvgIpc) is 2.86. The summed E-state index contributed by atoms with van der Waals surface area (Å²) in [6.07, 6.45) is 2.09. The van der Waals surface area contributed by atoms with Crippen LogP contribution >= 0.6 is 11.6 Å². The van der Waals surface area contributed by atoms with Gasteiger partial charge >= 0.3 is 0 Å². The van der Waals surface area contributed by atoms with Crippen molar-refractivity contribution < 1.29 is 4.74 Å². The predicted octanol–water partition coefficient (Wildman–Crippen LogP) is 3.47. The molecule has 0 aromatic heterocycles. The summed E-state index contributed by atoms with van der Waals surface area (Å²) in [5.74, 6) is 1.05. The summed E-state index contributed by atoms with van der Waals surface area (Å²) in [7, 11) is 0. The van der Waals surface area contributed by atoms with Crippen LogP contribution < -0.4 is 10.5 Å². The van der Waals surface area contributed by atoms with E-state index in [4.69, 9.17) is 22.1 Å². The second-order valence-corrected chi connectivity index (χ2v) is 7.17. The molecule has 1 aliphatic heterocycles. The van der Waals surface area contributed by atoms with Gasteiger partial charge in [0.2, 0.25) is 0 Å². The van der Waals surface area contributed by atoms with Gasteiger partial charge in [-0.3, -0.25) is 4.90 Å². The van der Waals surface area contributed by atoms with E-state index in [1.807, 2.05) is 12.1 Å². The maximum absolute atomic E-state index is 6.26. The van der Waals surface area contributed by atoms with Crippen molar-refractivity contribution in [3.05, 3.63) is 28.3 Å². The lowest BCUT2D eigenvalue weighted by molar-refractivity contribution is 0.174. The van der Waals surface area contributed by atoms with Crippen LogP contribution in [0.25, 0.3) is 0 Å². The van der Waals surface area contributed by atoms with Crippen molar-refractivity contribution in [3.8, 4) is 5.75 Å². The first-order valence-corrected chi connectivity index (χ1v) is 8.19. The molecule has 0 spiro atoms. The van der Waals surface area contributed by atoms with Gasteiger partial charge in [0.25, 0.3) is 0 Å². The Bertz CT molecular complexity index is 488. The Morgan fingerprint density at radius 1 is 1.38 bits per heavy atom. The lowest BCUT2D eigenvalue weighted by Gasteiger charge is -2.32. The number of hydrogen-bond donors (Lipinski definition) is 1. The van der Waals surface area contributed by atoms with Gasteiger partial charge in [-0.05, 0) is 42.6 Å². The highest BCUT2D eigenvalue weighted by Gasteiger charge is 2.23. The predicted molar refractivity (Wildman–Crippen MR) is 89.1 cm³/mol. The smallest absolute Gasteiger partial charge is 0.127 e. The molecule has 2 N–H and O–H groups in total. The Labute approximate surface area is 133 Å². The summed E-state index contributed by atoms with van der Waals surface area (Å²) in [6.45, 7) is 11.0. The third-order valence-electron chi connectivity index (χ3n) is 3.96. The number of benzene rings is 1. The van der Waals surface area contributed by atoms with Gasteiger partial charge in [0.05, 0.1) is 6.61 Å². The molecule has 0 atom stereocenters. The molecular weight excluding hydrogens is 284 g/mol. The molecule has 0 aliphatic carbocycles. The van der Waals surface area contributed by atoms with Crippen molar-refractivity contribution in [1.82, 2.24) is 4.90 Å². The molecular formula is C17H27ClN2O. The van der Waals surface area contributed by atoms with Gasteiger partial charge in [0.1, 0.15) is 5.75 Å². The first kappa shape index (κ1) is 16.6. The molecule has 4 heteroatoms. The number of rotatable bonds is 7. The van der Waals surface area contributed by atoms with E-state index in [1.165, 1.54) is 11.1 Å². The summed E-state index contributed by atoms with van der Waals surface area (Å²) in [5, 5.41) is 0.809. The highest BCUT2D eigenvalue weighted by Crippen LogP contribution is 2.34. The van der Waals surface area contributed by atoms with Crippen LogP contribution in [-0.4, -0.2) is 31.1 Å². The zero-order valence-corrected chi connectivity index (χ0v) is 14.2. The fourth-order valence-electron chi connectivity index (χ4n) is 2.90. The monoisotopic (exact) mass is 310 g/mol. The molecule has 2 rings (SSSR count). The summed E-state index contributed by atoms with van der Waals surface area (Å²) in [6, 6.07) is 4.07. The second-order valence-electron chi connectivity index (χ2n) is 6.73. The number of fused-ring (bicyclic) bond motifs is 1. The summed E-state index contributed by atoms with van der Waals surface area (Å²) < 4.78 is 5.81. The third kappa shape index (κ3) is 4.35. The Hall–Kier alpha value is -0.770. The van der Waals surface area contributed by atoms with E-state index in [-0.39, 0.29) is 5.41 Å². The molecule has 0 amide bonds. The zero-order chi connectivity index (χ0) is 15.5. The molecule has 1 aromatic rings. The summed E-state index contributed by atoms with van der Waals surface area (Å²) in [5.41, 5.74) is 8.46. The minimum Gasteiger partial charge on any atom is -0.493 e. The standard InChI is InChI=1S/C17H27ClN2O/c1-4-6-20(12-17(2,3)11-19)10-14-9-15(18)8-13-5-7-21-16(13)14/h8-9H,4-7,10-12,19H2,1-3H3. The van der Waals surface area contributed by atoms with Crippen molar-refractivity contribution >= 4 is 11.6 Å². The van der Waals surface area contributed by atoms with E-state index in [0.717, 1.165) is 49.9 Å². The molecule has 0 unspecified atom stereocenters. The fourth-order valence-corrected chi connectivity index (χ4v) is 3.17. The van der Waals surface area contributed by atoms with E-state index < -0.39 is 0 Å². The SMILES string of the molecule is CCCN(Cc1cc(Cl)cc2c1OCC2)CC(C)(C)CN. The van der Waals surface area contributed by atoms with Gasteiger partial charge in [0, 0.05) is 30.1 Å². The van der Waals surface area contributed by atoms with Gasteiger partial charge in [-0.15, -0.1) is 0 Å². The van der Waals surface area contributed by atoms with Crippen LogP contribution in [0.15, 0.2) is 12.1 Å². The fraction of sp³-hybridized carbons (Fsp3) is 0.647. The molecule has 0 bridgehead atoms. The molecule has 1 aliphatic rings. The molecule has 1 heterocycles. The van der Waals surface area contributed by atoms with Crippen LogP contribution in [0.1, 0.15) is 38.3 Å². The third-order valence-corrected chi connectivity index (χ3v) is 4.18. The Morgan fingerprint density at radius 2 is 2.14 bits per heavy atom. The quantitative estimate of drug-likeness (QED) is 0.838. The minimum atomic E-state index is 0.123. The largest absolute Gasteiger partial charge is 0.493 e. The van der Waals surface area contributed by atoms with E-state index in [0.29, 0.717) is 6.54 Å². The number of halogens is 1. The van der Waals surface area contributed by atoms with Gasteiger partial charge in [-0.2, -0.15) is 0 Å². The van der Waals surface area contributed by atoms with Crippen molar-refractivity contribution in [2.24, 2.45) is 11.1 Å². The van der Waals surface area contributed by atoms with Crippen molar-refractivity contribution in [3.63, 3.8) is 0 Å². The molecule has 3 nitrogen and oxygen atoms in total. The van der Waals surface area contributed by atoms with Gasteiger partial charge in [0.15, 0.2) is 0 Å². The van der Waals surface area contributed by atoms with E-state index in [1.54, 1.807) is 0 Å². The van der Waals surface area contributed by atoms with Crippen molar-refractivity contribution in [1.29, 1.82) is 0 Å². The Morgan fingerprint density at radius 3 is 2.81 bits per heavy atom. The Kier molecular flexibility index (Phi) is 5.53. The number of nitrogens with zero attached hydrogens (tertiary/aromatic N) is 1. The van der Waals surface area contributed by atoms with Gasteiger partial charge < -0.3 is 10.5 Å². The zero-order valence-electron chi connectivity index (χ0n) is 13.4. The second kappa shape index (κ2) is 6.99. The average molecular weight is 311 g/mol. The summed E-state index contributed by atoms with van der Waals surface area (Å²) in [4.78, 5) is 2.46. The summed E-state index contributed by atoms with van der Waals surface area (Å²) >= 11 is 6.26. The van der Waals surface area contributed by atoms with E-state index >= 15 is 0 Å². The lowest BCUT2D eigenvalue weighted by atomic mass is 9.92. The number of hydrogen-bond acceptors (Lipinski definition) is 3. The van der Waals surface area contributed by atoms with E-state index in [2.05, 4.69) is 25.7 Å². The minimum absolute atomic E-state index is 0.123. The molecule has 21 heavy (non-hydrogen) atoms. The first-order valence-electron chi connectivity index (χ1n) is 7.81. The molecule has 0 saturated heterocycles. The first-order chi connectivity index (χ1) is 9.95. The Balaban J connectivity index is 2.17. The molecule has 0 radical (unpaired) electrons. The van der Waals surface area contributed by atoms with Crippen LogP contribution in [0.2, 0.25) is 5.02 Å².